The predicted octanol–water partition coefficient (Wildman–Crippen LogP) is 1.52. The molecule has 3 heteroatoms. The molecule has 0 fully saturated rings. The third-order valence-corrected chi connectivity index (χ3v) is 1.72. The number of hydrogen-bond donors (Lipinski definition) is 1. The molecule has 0 atom stereocenters. The van der Waals surface area contributed by atoms with Crippen LogP contribution in [0.25, 0.3) is 11.0 Å². The van der Waals surface area contributed by atoms with Crippen LogP contribution in [0.15, 0.2) is 24.4 Å². The molecule has 0 saturated heterocycles. The zero-order valence-corrected chi connectivity index (χ0v) is 6.78. The normalized spacial score (nSPS) is 10.4. The van der Waals surface area contributed by atoms with Crippen molar-refractivity contribution in [3.8, 4) is 0 Å². The number of rotatable bonds is 0. The average Bonchev–Trinajstić information content (AvgIpc) is 2.03. The molecule has 0 aliphatic heterocycles. The van der Waals surface area contributed by atoms with E-state index in [1.165, 1.54) is 5.56 Å². The molecule has 0 saturated carbocycles. The molecule has 0 aliphatic rings. The molecular formula is C9H9N3. The summed E-state index contributed by atoms with van der Waals surface area (Å²) in [4.78, 5) is 8.29. The van der Waals surface area contributed by atoms with Crippen LogP contribution in [0.2, 0.25) is 0 Å². The Hall–Kier alpha value is -1.64. The minimum Gasteiger partial charge on any atom is -0.382 e. The summed E-state index contributed by atoms with van der Waals surface area (Å²) in [5, 5.41) is 0. The van der Waals surface area contributed by atoms with Crippen LogP contribution in [0.4, 0.5) is 5.82 Å². The fourth-order valence-corrected chi connectivity index (χ4v) is 1.14. The van der Waals surface area contributed by atoms with Crippen LogP contribution in [0.1, 0.15) is 5.56 Å². The Labute approximate surface area is 70.3 Å². The Kier molecular flexibility index (Phi) is 1.43. The summed E-state index contributed by atoms with van der Waals surface area (Å²) in [5.74, 6) is 0.466. The van der Waals surface area contributed by atoms with Gasteiger partial charge in [-0.15, -0.1) is 0 Å². The van der Waals surface area contributed by atoms with Crippen LogP contribution in [0.3, 0.4) is 0 Å². The van der Waals surface area contributed by atoms with E-state index in [-0.39, 0.29) is 0 Å². The van der Waals surface area contributed by atoms with Crippen molar-refractivity contribution in [2.45, 2.75) is 6.92 Å². The van der Waals surface area contributed by atoms with Crippen LogP contribution in [0, 0.1) is 6.92 Å². The van der Waals surface area contributed by atoms with Crippen molar-refractivity contribution in [3.63, 3.8) is 0 Å². The third-order valence-electron chi connectivity index (χ3n) is 1.72. The predicted molar refractivity (Wildman–Crippen MR) is 48.7 cm³/mol. The average molecular weight is 159 g/mol. The van der Waals surface area contributed by atoms with E-state index in [2.05, 4.69) is 9.97 Å². The summed E-state index contributed by atoms with van der Waals surface area (Å²) in [6.07, 6.45) is 1.57. The number of aryl methyl sites for hydroxylation is 1. The van der Waals surface area contributed by atoms with Crippen molar-refractivity contribution in [1.82, 2.24) is 9.97 Å². The highest BCUT2D eigenvalue weighted by atomic mass is 14.9. The van der Waals surface area contributed by atoms with Crippen molar-refractivity contribution < 1.29 is 0 Å². The fourth-order valence-electron chi connectivity index (χ4n) is 1.14. The van der Waals surface area contributed by atoms with E-state index in [0.29, 0.717) is 5.82 Å². The quantitative estimate of drug-likeness (QED) is 0.634. The molecule has 0 amide bonds. The van der Waals surface area contributed by atoms with E-state index in [0.717, 1.165) is 11.0 Å². The number of aromatic nitrogens is 2. The zero-order valence-electron chi connectivity index (χ0n) is 6.78. The summed E-state index contributed by atoms with van der Waals surface area (Å²) < 4.78 is 0. The topological polar surface area (TPSA) is 51.8 Å². The number of nitrogens with zero attached hydrogens (tertiary/aromatic N) is 2. The van der Waals surface area contributed by atoms with Gasteiger partial charge in [-0.3, -0.25) is 4.98 Å². The zero-order chi connectivity index (χ0) is 8.55. The van der Waals surface area contributed by atoms with E-state index < -0.39 is 0 Å². The number of fused-ring (bicyclic) bond motifs is 1. The Balaban J connectivity index is 2.80. The highest BCUT2D eigenvalue weighted by molar-refractivity contribution is 5.75. The minimum atomic E-state index is 0.466. The van der Waals surface area contributed by atoms with Crippen molar-refractivity contribution in [3.05, 3.63) is 30.0 Å². The number of benzene rings is 1. The van der Waals surface area contributed by atoms with Crippen molar-refractivity contribution in [2.75, 3.05) is 5.73 Å². The number of nitrogens with two attached hydrogens (primary N) is 1. The van der Waals surface area contributed by atoms with Gasteiger partial charge in [0.2, 0.25) is 0 Å². The van der Waals surface area contributed by atoms with Gasteiger partial charge in [0.05, 0.1) is 17.2 Å². The number of nitrogen functional groups attached to an aromatic ring is 1. The molecule has 2 N–H and O–H groups in total. The Morgan fingerprint density at radius 1 is 1.25 bits per heavy atom. The first kappa shape index (κ1) is 7.03. The van der Waals surface area contributed by atoms with E-state index in [9.17, 15) is 0 Å². The molecule has 0 spiro atoms. The van der Waals surface area contributed by atoms with E-state index >= 15 is 0 Å². The van der Waals surface area contributed by atoms with Gasteiger partial charge >= 0.3 is 0 Å². The first-order chi connectivity index (χ1) is 5.75. The van der Waals surface area contributed by atoms with E-state index in [1.54, 1.807) is 6.20 Å². The molecule has 0 aliphatic carbocycles. The largest absolute Gasteiger partial charge is 0.382 e. The maximum Gasteiger partial charge on any atom is 0.142 e. The lowest BCUT2D eigenvalue weighted by Gasteiger charge is -1.98. The highest BCUT2D eigenvalue weighted by Crippen LogP contribution is 2.11. The molecular weight excluding hydrogens is 150 g/mol. The van der Waals surface area contributed by atoms with E-state index in [1.807, 2.05) is 25.1 Å². The molecule has 1 heterocycles. The maximum absolute atomic E-state index is 5.50. The maximum atomic E-state index is 5.50. The van der Waals surface area contributed by atoms with Crippen LogP contribution < -0.4 is 5.73 Å². The van der Waals surface area contributed by atoms with Gasteiger partial charge in [0.15, 0.2) is 0 Å². The Bertz CT molecular complexity index is 386. The molecule has 0 unspecified atom stereocenters. The smallest absolute Gasteiger partial charge is 0.142 e. The SMILES string of the molecule is Cc1ccc2ncc(N)nc2c1. The van der Waals surface area contributed by atoms with Gasteiger partial charge in [-0.1, -0.05) is 6.07 Å². The summed E-state index contributed by atoms with van der Waals surface area (Å²) in [6.45, 7) is 2.02. The van der Waals surface area contributed by atoms with Crippen molar-refractivity contribution in [2.24, 2.45) is 0 Å². The van der Waals surface area contributed by atoms with Crippen LogP contribution >= 0.6 is 0 Å². The Morgan fingerprint density at radius 2 is 2.08 bits per heavy atom. The molecule has 0 bridgehead atoms. The van der Waals surface area contributed by atoms with Gasteiger partial charge in [-0.2, -0.15) is 0 Å². The second kappa shape index (κ2) is 2.44. The summed E-state index contributed by atoms with van der Waals surface area (Å²) in [6, 6.07) is 5.92. The molecule has 3 nitrogen and oxygen atoms in total. The second-order valence-corrected chi connectivity index (χ2v) is 2.79. The summed E-state index contributed by atoms with van der Waals surface area (Å²) >= 11 is 0. The fraction of sp³-hybridized carbons (Fsp3) is 0.111. The molecule has 0 radical (unpaired) electrons. The summed E-state index contributed by atoms with van der Waals surface area (Å²) in [5.41, 5.74) is 8.41. The molecule has 12 heavy (non-hydrogen) atoms. The lowest BCUT2D eigenvalue weighted by atomic mass is 10.2. The van der Waals surface area contributed by atoms with Gasteiger partial charge in [0.25, 0.3) is 0 Å². The van der Waals surface area contributed by atoms with Crippen molar-refractivity contribution in [1.29, 1.82) is 0 Å². The third kappa shape index (κ3) is 1.09. The molecule has 1 aromatic heterocycles. The van der Waals surface area contributed by atoms with Gasteiger partial charge in [0.1, 0.15) is 5.82 Å². The Morgan fingerprint density at radius 3 is 2.92 bits per heavy atom. The summed E-state index contributed by atoms with van der Waals surface area (Å²) in [7, 11) is 0. The number of hydrogen-bond acceptors (Lipinski definition) is 3. The van der Waals surface area contributed by atoms with Crippen LogP contribution in [-0.2, 0) is 0 Å². The number of anilines is 1. The second-order valence-electron chi connectivity index (χ2n) is 2.79. The van der Waals surface area contributed by atoms with Crippen LogP contribution in [0.5, 0.6) is 0 Å². The molecule has 2 aromatic rings. The van der Waals surface area contributed by atoms with Crippen molar-refractivity contribution >= 4 is 16.9 Å². The first-order valence-corrected chi connectivity index (χ1v) is 3.74. The lowest BCUT2D eigenvalue weighted by Crippen LogP contribution is -1.92. The lowest BCUT2D eigenvalue weighted by molar-refractivity contribution is 1.29. The standard InChI is InChI=1S/C9H9N3/c1-6-2-3-7-8(4-6)12-9(10)5-11-7/h2-5H,1H3,(H2,10,12). The molecule has 2 rings (SSSR count). The van der Waals surface area contributed by atoms with Gasteiger partial charge in [-0.05, 0) is 24.6 Å². The first-order valence-electron chi connectivity index (χ1n) is 3.74. The van der Waals surface area contributed by atoms with Crippen LogP contribution in [-0.4, -0.2) is 9.97 Å². The van der Waals surface area contributed by atoms with E-state index in [4.69, 9.17) is 5.73 Å². The van der Waals surface area contributed by atoms with Gasteiger partial charge in [0, 0.05) is 0 Å². The molecule has 60 valence electrons. The monoisotopic (exact) mass is 159 g/mol. The minimum absolute atomic E-state index is 0.466. The highest BCUT2D eigenvalue weighted by Gasteiger charge is 1.95. The van der Waals surface area contributed by atoms with Gasteiger partial charge in [-0.25, -0.2) is 4.98 Å². The van der Waals surface area contributed by atoms with Gasteiger partial charge < -0.3 is 5.73 Å². The molecule has 1 aromatic carbocycles.